The van der Waals surface area contributed by atoms with Crippen LogP contribution in [0.15, 0.2) is 72.8 Å². The average Bonchev–Trinajstić information content (AvgIpc) is 3.29. The lowest BCUT2D eigenvalue weighted by Crippen LogP contribution is -2.29. The molecule has 0 saturated carbocycles. The van der Waals surface area contributed by atoms with Crippen LogP contribution in [0.4, 0.5) is 5.69 Å². The van der Waals surface area contributed by atoms with E-state index in [4.69, 9.17) is 4.98 Å². The molecule has 4 nitrogen and oxygen atoms in total. The second-order valence-electron chi connectivity index (χ2n) is 7.27. The van der Waals surface area contributed by atoms with Crippen molar-refractivity contribution >= 4 is 39.1 Å². The fraction of sp³-hybridized carbons (Fsp3) is 0.125. The first-order chi connectivity index (χ1) is 14.1. The molecular weight excluding hydrogens is 380 g/mol. The molecule has 1 aliphatic heterocycles. The maximum atomic E-state index is 12.9. The van der Waals surface area contributed by atoms with Crippen LogP contribution < -0.4 is 4.90 Å². The van der Waals surface area contributed by atoms with Crippen LogP contribution in [0.3, 0.4) is 0 Å². The lowest BCUT2D eigenvalue weighted by molar-refractivity contribution is -0.121. The zero-order valence-corrected chi connectivity index (χ0v) is 16.6. The number of amides is 2. The summed E-state index contributed by atoms with van der Waals surface area (Å²) >= 11 is 1.64. The number of aromatic nitrogens is 1. The molecule has 0 spiro atoms. The fourth-order valence-corrected chi connectivity index (χ4v) is 4.83. The number of rotatable bonds is 3. The van der Waals surface area contributed by atoms with Crippen LogP contribution in [-0.4, -0.2) is 16.8 Å². The van der Waals surface area contributed by atoms with E-state index in [-0.39, 0.29) is 18.2 Å². The Labute approximate surface area is 172 Å². The molecule has 3 aromatic carbocycles. The first-order valence-electron chi connectivity index (χ1n) is 9.49. The number of imide groups is 1. The van der Waals surface area contributed by atoms with Crippen LogP contribution in [0.2, 0.25) is 0 Å². The Morgan fingerprint density at radius 1 is 0.966 bits per heavy atom. The van der Waals surface area contributed by atoms with E-state index in [1.807, 2.05) is 60.7 Å². The van der Waals surface area contributed by atoms with Crippen molar-refractivity contribution in [1.29, 1.82) is 0 Å². The molecule has 1 aromatic heterocycles. The Hall–Kier alpha value is -3.31. The minimum absolute atomic E-state index is 0.160. The number of carbonyl (C=O) groups is 2. The first kappa shape index (κ1) is 17.8. The monoisotopic (exact) mass is 398 g/mol. The molecule has 5 rings (SSSR count). The Kier molecular flexibility index (Phi) is 4.25. The highest BCUT2D eigenvalue weighted by atomic mass is 32.1. The Bertz CT molecular complexity index is 1230. The highest BCUT2D eigenvalue weighted by Crippen LogP contribution is 2.35. The van der Waals surface area contributed by atoms with Crippen molar-refractivity contribution in [2.45, 2.75) is 19.3 Å². The molecule has 1 fully saturated rings. The normalized spacial score (nSPS) is 16.7. The average molecular weight is 398 g/mol. The number of aryl methyl sites for hydroxylation is 1. The molecule has 5 heteroatoms. The molecule has 0 aliphatic carbocycles. The van der Waals surface area contributed by atoms with Gasteiger partial charge in [0.15, 0.2) is 0 Å². The van der Waals surface area contributed by atoms with Crippen LogP contribution in [-0.2, 0) is 9.59 Å². The van der Waals surface area contributed by atoms with Gasteiger partial charge in [0.1, 0.15) is 5.01 Å². The zero-order valence-electron chi connectivity index (χ0n) is 15.8. The summed E-state index contributed by atoms with van der Waals surface area (Å²) in [6.45, 7) is 2.07. The predicted molar refractivity (Wildman–Crippen MR) is 116 cm³/mol. The number of nitrogens with zero attached hydrogens (tertiary/aromatic N) is 2. The summed E-state index contributed by atoms with van der Waals surface area (Å²) in [5, 5.41) is 0.929. The van der Waals surface area contributed by atoms with Crippen LogP contribution in [0, 0.1) is 6.92 Å². The second-order valence-corrected chi connectivity index (χ2v) is 8.30. The minimum Gasteiger partial charge on any atom is -0.274 e. The lowest BCUT2D eigenvalue weighted by Gasteiger charge is -2.15. The maximum Gasteiger partial charge on any atom is 0.241 e. The summed E-state index contributed by atoms with van der Waals surface area (Å²) in [5.41, 5.74) is 4.66. The third-order valence-electron chi connectivity index (χ3n) is 5.26. The number of benzene rings is 3. The summed E-state index contributed by atoms with van der Waals surface area (Å²) in [6.07, 6.45) is 0.210. The number of carbonyl (C=O) groups excluding carboxylic acids is 2. The lowest BCUT2D eigenvalue weighted by atomic mass is 9.98. The van der Waals surface area contributed by atoms with Gasteiger partial charge in [0, 0.05) is 12.0 Å². The highest BCUT2D eigenvalue weighted by Gasteiger charge is 2.40. The quantitative estimate of drug-likeness (QED) is 0.439. The van der Waals surface area contributed by atoms with E-state index >= 15 is 0 Å². The van der Waals surface area contributed by atoms with Crippen molar-refractivity contribution in [2.24, 2.45) is 0 Å². The molecule has 4 aromatic rings. The SMILES string of the molecule is Cc1ccc2nc(-c3ccc(N4C(=O)CC(c5ccccc5)C4=O)cc3)sc2c1. The van der Waals surface area contributed by atoms with Crippen molar-refractivity contribution in [2.75, 3.05) is 4.90 Å². The van der Waals surface area contributed by atoms with Crippen molar-refractivity contribution < 1.29 is 9.59 Å². The van der Waals surface area contributed by atoms with E-state index < -0.39 is 5.92 Å². The molecule has 2 heterocycles. The minimum atomic E-state index is -0.407. The van der Waals surface area contributed by atoms with E-state index in [9.17, 15) is 9.59 Å². The molecule has 1 aliphatic rings. The van der Waals surface area contributed by atoms with Gasteiger partial charge in [-0.25, -0.2) is 4.98 Å². The Morgan fingerprint density at radius 2 is 1.72 bits per heavy atom. The van der Waals surface area contributed by atoms with Gasteiger partial charge < -0.3 is 0 Å². The molecule has 142 valence electrons. The van der Waals surface area contributed by atoms with Gasteiger partial charge in [-0.3, -0.25) is 14.5 Å². The molecule has 2 amide bonds. The summed E-state index contributed by atoms with van der Waals surface area (Å²) in [6, 6.07) is 23.2. The van der Waals surface area contributed by atoms with Gasteiger partial charge in [0.2, 0.25) is 11.8 Å². The molecule has 1 atom stereocenters. The molecule has 1 unspecified atom stereocenters. The van der Waals surface area contributed by atoms with Crippen LogP contribution in [0.1, 0.15) is 23.5 Å². The molecular formula is C24H18N2O2S. The zero-order chi connectivity index (χ0) is 20.0. The summed E-state index contributed by atoms with van der Waals surface area (Å²) < 4.78 is 1.15. The number of hydrogen-bond acceptors (Lipinski definition) is 4. The molecule has 0 bridgehead atoms. The van der Waals surface area contributed by atoms with E-state index in [1.165, 1.54) is 10.5 Å². The summed E-state index contributed by atoms with van der Waals surface area (Å²) in [7, 11) is 0. The van der Waals surface area contributed by atoms with E-state index in [1.54, 1.807) is 11.3 Å². The number of hydrogen-bond donors (Lipinski definition) is 0. The van der Waals surface area contributed by atoms with Gasteiger partial charge in [-0.05, 0) is 54.4 Å². The third kappa shape index (κ3) is 3.13. The van der Waals surface area contributed by atoms with E-state index in [2.05, 4.69) is 19.1 Å². The highest BCUT2D eigenvalue weighted by molar-refractivity contribution is 7.21. The topological polar surface area (TPSA) is 50.3 Å². The maximum absolute atomic E-state index is 12.9. The van der Waals surface area contributed by atoms with E-state index in [0.29, 0.717) is 5.69 Å². The van der Waals surface area contributed by atoms with Crippen LogP contribution in [0.5, 0.6) is 0 Å². The van der Waals surface area contributed by atoms with Crippen LogP contribution >= 0.6 is 11.3 Å². The van der Waals surface area contributed by atoms with Gasteiger partial charge in [-0.15, -0.1) is 11.3 Å². The van der Waals surface area contributed by atoms with Gasteiger partial charge in [-0.1, -0.05) is 36.4 Å². The predicted octanol–water partition coefficient (Wildman–Crippen LogP) is 5.32. The third-order valence-corrected chi connectivity index (χ3v) is 6.33. The first-order valence-corrected chi connectivity index (χ1v) is 10.3. The second kappa shape index (κ2) is 6.94. The smallest absolute Gasteiger partial charge is 0.241 e. The molecule has 0 N–H and O–H groups in total. The van der Waals surface area contributed by atoms with Crippen molar-refractivity contribution in [1.82, 2.24) is 4.98 Å². The summed E-state index contributed by atoms with van der Waals surface area (Å²) in [4.78, 5) is 31.5. The Balaban J connectivity index is 1.43. The van der Waals surface area contributed by atoms with Crippen molar-refractivity contribution in [3.05, 3.63) is 83.9 Å². The summed E-state index contributed by atoms with van der Waals surface area (Å²) in [5.74, 6) is -0.729. The van der Waals surface area contributed by atoms with Crippen molar-refractivity contribution in [3.8, 4) is 10.6 Å². The number of anilines is 1. The van der Waals surface area contributed by atoms with Gasteiger partial charge in [-0.2, -0.15) is 0 Å². The molecule has 29 heavy (non-hydrogen) atoms. The number of fused-ring (bicyclic) bond motifs is 1. The molecule has 1 saturated heterocycles. The Morgan fingerprint density at radius 3 is 2.48 bits per heavy atom. The largest absolute Gasteiger partial charge is 0.274 e. The van der Waals surface area contributed by atoms with Gasteiger partial charge in [0.25, 0.3) is 0 Å². The van der Waals surface area contributed by atoms with Crippen LogP contribution in [0.25, 0.3) is 20.8 Å². The van der Waals surface area contributed by atoms with Crippen molar-refractivity contribution in [3.63, 3.8) is 0 Å². The fourth-order valence-electron chi connectivity index (χ4n) is 3.76. The van der Waals surface area contributed by atoms with E-state index in [0.717, 1.165) is 26.4 Å². The van der Waals surface area contributed by atoms with Gasteiger partial charge in [0.05, 0.1) is 21.8 Å². The molecule has 0 radical (unpaired) electrons. The van der Waals surface area contributed by atoms with Gasteiger partial charge >= 0.3 is 0 Å². The number of thiazole rings is 1. The standard InChI is InChI=1S/C24H18N2O2S/c1-15-7-12-20-21(13-15)29-23(25-20)17-8-10-18(11-9-17)26-22(27)14-19(24(26)28)16-5-3-2-4-6-16/h2-13,19H,14H2,1H3.